The molecule has 0 heterocycles. The molecule has 3 rings (SSSR count). The number of nitriles is 2. The summed E-state index contributed by atoms with van der Waals surface area (Å²) in [6.45, 7) is 0. The van der Waals surface area contributed by atoms with Gasteiger partial charge in [-0.05, 0) is 35.9 Å². The van der Waals surface area contributed by atoms with Gasteiger partial charge in [0.2, 0.25) is 0 Å². The van der Waals surface area contributed by atoms with Crippen LogP contribution in [0.4, 0.5) is 5.69 Å². The van der Waals surface area contributed by atoms with Crippen LogP contribution in [0.3, 0.4) is 0 Å². The molecule has 0 atom stereocenters. The van der Waals surface area contributed by atoms with Gasteiger partial charge in [-0.1, -0.05) is 48.0 Å². The Morgan fingerprint density at radius 2 is 1.50 bits per heavy atom. The number of nitrogens with zero attached hydrogens (tertiary/aromatic N) is 2. The third-order valence-corrected chi connectivity index (χ3v) is 4.17. The van der Waals surface area contributed by atoms with Crippen molar-refractivity contribution in [3.8, 4) is 23.3 Å². The molecular formula is C21H12ClN3O. The van der Waals surface area contributed by atoms with Crippen LogP contribution in [0, 0.1) is 22.7 Å². The maximum Gasteiger partial charge on any atom is 0.256 e. The highest BCUT2D eigenvalue weighted by Gasteiger charge is 2.15. The highest BCUT2D eigenvalue weighted by atomic mass is 35.5. The Hall–Kier alpha value is -3.60. The van der Waals surface area contributed by atoms with Gasteiger partial charge in [0, 0.05) is 16.8 Å². The Labute approximate surface area is 155 Å². The average molecular weight is 358 g/mol. The molecule has 0 spiro atoms. The van der Waals surface area contributed by atoms with E-state index in [-0.39, 0.29) is 10.9 Å². The number of rotatable bonds is 3. The zero-order valence-electron chi connectivity index (χ0n) is 13.5. The topological polar surface area (TPSA) is 76.7 Å². The summed E-state index contributed by atoms with van der Waals surface area (Å²) in [5.41, 5.74) is 3.13. The average Bonchev–Trinajstić information content (AvgIpc) is 2.68. The van der Waals surface area contributed by atoms with E-state index in [1.165, 1.54) is 6.07 Å². The van der Waals surface area contributed by atoms with Crippen molar-refractivity contribution in [1.82, 2.24) is 0 Å². The van der Waals surface area contributed by atoms with E-state index in [0.717, 1.165) is 0 Å². The lowest BCUT2D eigenvalue weighted by Gasteiger charge is -2.12. The number of amides is 1. The monoisotopic (exact) mass is 357 g/mol. The van der Waals surface area contributed by atoms with Gasteiger partial charge in [0.25, 0.3) is 5.91 Å². The molecule has 0 aliphatic heterocycles. The molecule has 0 fully saturated rings. The Balaban J connectivity index is 1.98. The van der Waals surface area contributed by atoms with Gasteiger partial charge >= 0.3 is 0 Å². The van der Waals surface area contributed by atoms with E-state index in [9.17, 15) is 10.1 Å². The summed E-state index contributed by atoms with van der Waals surface area (Å²) in [5.74, 6) is -0.325. The van der Waals surface area contributed by atoms with Gasteiger partial charge in [-0.15, -0.1) is 0 Å². The molecule has 0 saturated carbocycles. The van der Waals surface area contributed by atoms with Crippen LogP contribution < -0.4 is 5.32 Å². The molecule has 1 N–H and O–H groups in total. The van der Waals surface area contributed by atoms with Crippen molar-refractivity contribution in [1.29, 1.82) is 10.5 Å². The number of hydrogen-bond acceptors (Lipinski definition) is 3. The number of anilines is 1. The van der Waals surface area contributed by atoms with Gasteiger partial charge in [0.1, 0.15) is 6.07 Å². The van der Waals surface area contributed by atoms with E-state index in [1.54, 1.807) is 42.5 Å². The van der Waals surface area contributed by atoms with Crippen molar-refractivity contribution >= 4 is 23.2 Å². The van der Waals surface area contributed by atoms with Crippen molar-refractivity contribution in [3.05, 3.63) is 88.4 Å². The Kier molecular flexibility index (Phi) is 4.99. The first kappa shape index (κ1) is 17.2. The van der Waals surface area contributed by atoms with Gasteiger partial charge in [0.15, 0.2) is 0 Å². The Morgan fingerprint density at radius 1 is 0.846 bits per heavy atom. The molecular weight excluding hydrogens is 346 g/mol. The summed E-state index contributed by atoms with van der Waals surface area (Å²) < 4.78 is 0. The van der Waals surface area contributed by atoms with Gasteiger partial charge in [-0.2, -0.15) is 10.5 Å². The van der Waals surface area contributed by atoms with E-state index < -0.39 is 0 Å². The van der Waals surface area contributed by atoms with Crippen LogP contribution >= 0.6 is 11.6 Å². The first-order valence-electron chi connectivity index (χ1n) is 7.73. The second-order valence-corrected chi connectivity index (χ2v) is 5.87. The number of hydrogen-bond donors (Lipinski definition) is 1. The molecule has 0 unspecified atom stereocenters. The van der Waals surface area contributed by atoms with Crippen LogP contribution in [0.15, 0.2) is 66.7 Å². The fourth-order valence-corrected chi connectivity index (χ4v) is 2.84. The van der Waals surface area contributed by atoms with Crippen LogP contribution in [0.1, 0.15) is 21.5 Å². The molecule has 124 valence electrons. The smallest absolute Gasteiger partial charge is 0.256 e. The van der Waals surface area contributed by atoms with Gasteiger partial charge in [-0.25, -0.2) is 0 Å². The highest BCUT2D eigenvalue weighted by Crippen LogP contribution is 2.28. The van der Waals surface area contributed by atoms with E-state index in [2.05, 4.69) is 11.4 Å². The lowest BCUT2D eigenvalue weighted by molar-refractivity contribution is 0.102. The number of nitrogens with one attached hydrogen (secondary N) is 1. The third kappa shape index (κ3) is 3.42. The maximum atomic E-state index is 12.8. The number of carbonyl (C=O) groups is 1. The predicted molar refractivity (Wildman–Crippen MR) is 101 cm³/mol. The largest absolute Gasteiger partial charge is 0.322 e. The minimum atomic E-state index is -0.325. The molecule has 26 heavy (non-hydrogen) atoms. The highest BCUT2D eigenvalue weighted by molar-refractivity contribution is 6.32. The molecule has 3 aromatic carbocycles. The number of benzene rings is 3. The Morgan fingerprint density at radius 3 is 2.19 bits per heavy atom. The summed E-state index contributed by atoms with van der Waals surface area (Å²) in [6, 6.07) is 23.0. The quantitative estimate of drug-likeness (QED) is 0.716. The molecule has 3 aromatic rings. The molecule has 0 radical (unpaired) electrons. The lowest BCUT2D eigenvalue weighted by atomic mass is 9.95. The minimum Gasteiger partial charge on any atom is -0.322 e. The Bertz CT molecular complexity index is 1080. The van der Waals surface area contributed by atoms with Crippen LogP contribution in [0.25, 0.3) is 11.1 Å². The maximum absolute atomic E-state index is 12.8. The summed E-state index contributed by atoms with van der Waals surface area (Å²) in [6.07, 6.45) is 0. The second kappa shape index (κ2) is 7.53. The summed E-state index contributed by atoms with van der Waals surface area (Å²) in [7, 11) is 0. The fraction of sp³-hybridized carbons (Fsp3) is 0. The first-order valence-corrected chi connectivity index (χ1v) is 8.11. The lowest BCUT2D eigenvalue weighted by Crippen LogP contribution is -2.13. The molecule has 5 heteroatoms. The number of carbonyl (C=O) groups excluding carboxylic acids is 1. The van der Waals surface area contributed by atoms with E-state index >= 15 is 0 Å². The van der Waals surface area contributed by atoms with Crippen molar-refractivity contribution in [2.75, 3.05) is 5.32 Å². The molecule has 1 amide bonds. The minimum absolute atomic E-state index is 0.272. The predicted octanol–water partition coefficient (Wildman–Crippen LogP) is 5.00. The van der Waals surface area contributed by atoms with Gasteiger partial charge < -0.3 is 5.32 Å². The third-order valence-electron chi connectivity index (χ3n) is 3.86. The molecule has 0 aliphatic rings. The van der Waals surface area contributed by atoms with E-state index in [1.807, 2.05) is 24.3 Å². The van der Waals surface area contributed by atoms with Crippen LogP contribution in [-0.4, -0.2) is 5.91 Å². The summed E-state index contributed by atoms with van der Waals surface area (Å²) >= 11 is 6.02. The van der Waals surface area contributed by atoms with E-state index in [0.29, 0.717) is 33.5 Å². The zero-order chi connectivity index (χ0) is 18.5. The van der Waals surface area contributed by atoms with Crippen molar-refractivity contribution < 1.29 is 4.79 Å². The SMILES string of the molecule is N#Cc1ccc(NC(=O)c2ccccc2-c2ccccc2C#N)cc1Cl. The van der Waals surface area contributed by atoms with Crippen LogP contribution in [-0.2, 0) is 0 Å². The van der Waals surface area contributed by atoms with Crippen molar-refractivity contribution in [2.24, 2.45) is 0 Å². The number of halogens is 1. The molecule has 0 saturated heterocycles. The summed E-state index contributed by atoms with van der Waals surface area (Å²) in [5, 5.41) is 21.3. The van der Waals surface area contributed by atoms with Crippen LogP contribution in [0.5, 0.6) is 0 Å². The molecule has 4 nitrogen and oxygen atoms in total. The van der Waals surface area contributed by atoms with Crippen LogP contribution in [0.2, 0.25) is 5.02 Å². The fourth-order valence-electron chi connectivity index (χ4n) is 2.61. The molecule has 0 aliphatic carbocycles. The molecule has 0 aromatic heterocycles. The van der Waals surface area contributed by atoms with Gasteiger partial charge in [-0.3, -0.25) is 4.79 Å². The normalized spacial score (nSPS) is 9.81. The zero-order valence-corrected chi connectivity index (χ0v) is 14.3. The molecule has 0 bridgehead atoms. The van der Waals surface area contributed by atoms with Crippen molar-refractivity contribution in [2.45, 2.75) is 0 Å². The first-order chi connectivity index (χ1) is 12.6. The van der Waals surface area contributed by atoms with E-state index in [4.69, 9.17) is 16.9 Å². The van der Waals surface area contributed by atoms with Crippen molar-refractivity contribution in [3.63, 3.8) is 0 Å². The summed E-state index contributed by atoms with van der Waals surface area (Å²) in [4.78, 5) is 12.8. The standard InChI is InChI=1S/C21H12ClN3O/c22-20-11-16(10-9-15(20)13-24)25-21(26)19-8-4-3-7-18(19)17-6-2-1-5-14(17)12-23/h1-11H,(H,25,26). The van der Waals surface area contributed by atoms with Gasteiger partial charge in [0.05, 0.1) is 22.2 Å². The second-order valence-electron chi connectivity index (χ2n) is 5.46.